The van der Waals surface area contributed by atoms with E-state index in [1.54, 1.807) is 24.3 Å². The molecule has 2 aromatic carbocycles. The van der Waals surface area contributed by atoms with Gasteiger partial charge in [0.25, 0.3) is 0 Å². The van der Waals surface area contributed by atoms with Crippen LogP contribution in [0.4, 0.5) is 0 Å². The summed E-state index contributed by atoms with van der Waals surface area (Å²) >= 11 is 3.49. The van der Waals surface area contributed by atoms with Gasteiger partial charge >= 0.3 is 5.97 Å². The summed E-state index contributed by atoms with van der Waals surface area (Å²) in [6.07, 6.45) is 2.86. The van der Waals surface area contributed by atoms with Crippen molar-refractivity contribution in [1.29, 1.82) is 0 Å². The van der Waals surface area contributed by atoms with Crippen LogP contribution in [-0.2, 0) is 24.1 Å². The van der Waals surface area contributed by atoms with E-state index < -0.39 is 5.97 Å². The van der Waals surface area contributed by atoms with Crippen LogP contribution in [0.1, 0.15) is 23.2 Å². The van der Waals surface area contributed by atoms with Gasteiger partial charge in [0.05, 0.1) is 12.1 Å². The number of rotatable bonds is 5. The highest BCUT2D eigenvalue weighted by Crippen LogP contribution is 2.33. The van der Waals surface area contributed by atoms with Crippen LogP contribution >= 0.6 is 15.9 Å². The number of nitrogens with zero attached hydrogens (tertiary/aromatic N) is 2. The van der Waals surface area contributed by atoms with Crippen LogP contribution in [-0.4, -0.2) is 21.0 Å². The van der Waals surface area contributed by atoms with Crippen molar-refractivity contribution in [2.24, 2.45) is 0 Å². The third kappa shape index (κ3) is 4.01. The molecule has 0 unspecified atom stereocenters. The molecule has 0 saturated carbocycles. The summed E-state index contributed by atoms with van der Waals surface area (Å²) in [6.45, 7) is 0. The fraction of sp³-hybridized carbons (Fsp3) is 0.190. The normalized spacial score (nSPS) is 12.6. The number of ether oxygens (including phenoxy) is 1. The van der Waals surface area contributed by atoms with Crippen LogP contribution in [0.3, 0.4) is 0 Å². The van der Waals surface area contributed by atoms with Crippen molar-refractivity contribution in [3.05, 3.63) is 69.8 Å². The first-order chi connectivity index (χ1) is 13.1. The molecule has 1 aliphatic carbocycles. The fourth-order valence-corrected chi connectivity index (χ4v) is 3.60. The lowest BCUT2D eigenvalue weighted by Crippen LogP contribution is -2.02. The number of benzene rings is 2. The van der Waals surface area contributed by atoms with Gasteiger partial charge in [-0.1, -0.05) is 40.2 Å². The van der Waals surface area contributed by atoms with Gasteiger partial charge in [-0.25, -0.2) is 4.98 Å². The molecule has 6 heteroatoms. The summed E-state index contributed by atoms with van der Waals surface area (Å²) in [4.78, 5) is 20.2. The zero-order chi connectivity index (χ0) is 18.8. The minimum atomic E-state index is -0.851. The highest BCUT2D eigenvalue weighted by atomic mass is 79.9. The average Bonchev–Trinajstić information content (AvgIpc) is 3.12. The van der Waals surface area contributed by atoms with Gasteiger partial charge in [-0.3, -0.25) is 4.79 Å². The Balaban J connectivity index is 1.67. The summed E-state index contributed by atoms with van der Waals surface area (Å²) in [5.41, 5.74) is 3.76. The molecule has 136 valence electrons. The van der Waals surface area contributed by atoms with Gasteiger partial charge in [0.2, 0.25) is 5.88 Å². The van der Waals surface area contributed by atoms with Crippen molar-refractivity contribution < 1.29 is 14.6 Å². The van der Waals surface area contributed by atoms with E-state index in [-0.39, 0.29) is 6.42 Å². The van der Waals surface area contributed by atoms with Crippen molar-refractivity contribution in [1.82, 2.24) is 9.97 Å². The molecule has 5 nitrogen and oxygen atoms in total. The van der Waals surface area contributed by atoms with Gasteiger partial charge in [0.15, 0.2) is 5.82 Å². The zero-order valence-corrected chi connectivity index (χ0v) is 16.1. The number of carboxylic acid groups (broad SMARTS) is 1. The number of aliphatic carboxylic acids is 1. The lowest BCUT2D eigenvalue weighted by molar-refractivity contribution is -0.136. The van der Waals surface area contributed by atoms with E-state index in [4.69, 9.17) is 14.8 Å². The van der Waals surface area contributed by atoms with Gasteiger partial charge in [-0.15, -0.1) is 0 Å². The first-order valence-electron chi connectivity index (χ1n) is 8.73. The Morgan fingerprint density at radius 1 is 1.11 bits per heavy atom. The average molecular weight is 425 g/mol. The third-order valence-electron chi connectivity index (χ3n) is 4.47. The Morgan fingerprint density at radius 3 is 2.67 bits per heavy atom. The molecule has 4 rings (SSSR count). The van der Waals surface area contributed by atoms with Crippen molar-refractivity contribution in [2.45, 2.75) is 25.7 Å². The van der Waals surface area contributed by atoms with Crippen molar-refractivity contribution in [3.8, 4) is 23.0 Å². The molecule has 0 fully saturated rings. The number of aromatic nitrogens is 2. The van der Waals surface area contributed by atoms with E-state index in [0.29, 0.717) is 17.5 Å². The highest BCUT2D eigenvalue weighted by molar-refractivity contribution is 9.10. The second kappa shape index (κ2) is 7.48. The van der Waals surface area contributed by atoms with E-state index in [1.165, 1.54) is 0 Å². The van der Waals surface area contributed by atoms with Crippen molar-refractivity contribution in [3.63, 3.8) is 0 Å². The summed E-state index contributed by atoms with van der Waals surface area (Å²) < 4.78 is 7.04. The molecule has 0 bridgehead atoms. The number of aryl methyl sites for hydroxylation is 1. The number of halogens is 1. The Bertz CT molecular complexity index is 1000. The maximum absolute atomic E-state index is 10.8. The Kier molecular flexibility index (Phi) is 4.90. The largest absolute Gasteiger partial charge is 0.481 e. The minimum Gasteiger partial charge on any atom is -0.481 e. The quantitative estimate of drug-likeness (QED) is 0.635. The Morgan fingerprint density at radius 2 is 1.93 bits per heavy atom. The second-order valence-electron chi connectivity index (χ2n) is 6.46. The molecule has 1 aromatic heterocycles. The number of hydrogen-bond acceptors (Lipinski definition) is 4. The SMILES string of the molecule is O=C(O)Cc1ccc(Oc2nc(-c3cccc(Br)c3)nc3c2CCC3)cc1. The molecule has 0 radical (unpaired) electrons. The van der Waals surface area contributed by atoms with Crippen molar-refractivity contribution in [2.75, 3.05) is 0 Å². The van der Waals surface area contributed by atoms with Crippen LogP contribution in [0.2, 0.25) is 0 Å². The number of carbonyl (C=O) groups is 1. The monoisotopic (exact) mass is 424 g/mol. The zero-order valence-electron chi connectivity index (χ0n) is 14.5. The molecule has 1 heterocycles. The molecule has 0 aliphatic heterocycles. The van der Waals surface area contributed by atoms with E-state index >= 15 is 0 Å². The van der Waals surface area contributed by atoms with Crippen LogP contribution in [0.25, 0.3) is 11.4 Å². The van der Waals surface area contributed by atoms with Crippen LogP contribution in [0, 0.1) is 0 Å². The third-order valence-corrected chi connectivity index (χ3v) is 4.96. The highest BCUT2D eigenvalue weighted by Gasteiger charge is 2.21. The summed E-state index contributed by atoms with van der Waals surface area (Å²) in [6, 6.07) is 15.0. The maximum atomic E-state index is 10.8. The minimum absolute atomic E-state index is 0.00375. The van der Waals surface area contributed by atoms with E-state index in [1.807, 2.05) is 24.3 Å². The molecule has 0 spiro atoms. The summed E-state index contributed by atoms with van der Waals surface area (Å²) in [5.74, 6) is 1.01. The molecule has 0 atom stereocenters. The number of fused-ring (bicyclic) bond motifs is 1. The lowest BCUT2D eigenvalue weighted by Gasteiger charge is -2.12. The van der Waals surface area contributed by atoms with Crippen molar-refractivity contribution >= 4 is 21.9 Å². The topological polar surface area (TPSA) is 72.3 Å². The predicted molar refractivity (Wildman–Crippen MR) is 105 cm³/mol. The molecular weight excluding hydrogens is 408 g/mol. The standard InChI is InChI=1S/C21H17BrN2O3/c22-15-4-1-3-14(12-15)20-23-18-6-2-5-17(18)21(24-20)27-16-9-7-13(8-10-16)11-19(25)26/h1,3-4,7-10,12H,2,5-6,11H2,(H,25,26). The van der Waals surface area contributed by atoms with Crippen LogP contribution in [0.15, 0.2) is 53.0 Å². The molecule has 1 aliphatic rings. The second-order valence-corrected chi connectivity index (χ2v) is 7.37. The van der Waals surface area contributed by atoms with Gasteiger partial charge in [0.1, 0.15) is 5.75 Å². The van der Waals surface area contributed by atoms with E-state index in [9.17, 15) is 4.79 Å². The molecule has 1 N–H and O–H groups in total. The predicted octanol–water partition coefficient (Wildman–Crippen LogP) is 4.81. The van der Waals surface area contributed by atoms with Gasteiger partial charge in [0, 0.05) is 15.6 Å². The van der Waals surface area contributed by atoms with E-state index in [0.717, 1.165) is 46.1 Å². The summed E-state index contributed by atoms with van der Waals surface area (Å²) in [5, 5.41) is 8.88. The Labute approximate surface area is 165 Å². The maximum Gasteiger partial charge on any atom is 0.307 e. The van der Waals surface area contributed by atoms with E-state index in [2.05, 4.69) is 20.9 Å². The molecule has 0 saturated heterocycles. The van der Waals surface area contributed by atoms with Crippen LogP contribution < -0.4 is 4.74 Å². The first kappa shape index (κ1) is 17.7. The fourth-order valence-electron chi connectivity index (χ4n) is 3.20. The summed E-state index contributed by atoms with van der Waals surface area (Å²) in [7, 11) is 0. The van der Waals surface area contributed by atoms with Crippen LogP contribution in [0.5, 0.6) is 11.6 Å². The lowest BCUT2D eigenvalue weighted by atomic mass is 10.1. The van der Waals surface area contributed by atoms with Gasteiger partial charge < -0.3 is 9.84 Å². The number of hydrogen-bond donors (Lipinski definition) is 1. The first-order valence-corrected chi connectivity index (χ1v) is 9.52. The Hall–Kier alpha value is -2.73. The molecule has 27 heavy (non-hydrogen) atoms. The van der Waals surface area contributed by atoms with Gasteiger partial charge in [-0.2, -0.15) is 4.98 Å². The molecule has 3 aromatic rings. The number of carboxylic acids is 1. The smallest absolute Gasteiger partial charge is 0.307 e. The molecule has 0 amide bonds. The molecular formula is C21H17BrN2O3. The van der Waals surface area contributed by atoms with Gasteiger partial charge in [-0.05, 0) is 49.1 Å².